The SMILES string of the molecule is COc1cccc(C2(C)OC(N3CCCS3(=O)=O)=C(O)C2=O)c1OC. The van der Waals surface area contributed by atoms with Gasteiger partial charge in [0.2, 0.25) is 21.4 Å². The van der Waals surface area contributed by atoms with Crippen LogP contribution in [0.3, 0.4) is 0 Å². The molecule has 8 nitrogen and oxygen atoms in total. The number of benzene rings is 1. The predicted octanol–water partition coefficient (Wildman–Crippen LogP) is 1.28. The van der Waals surface area contributed by atoms with Gasteiger partial charge in [-0.25, -0.2) is 12.7 Å². The lowest BCUT2D eigenvalue weighted by Gasteiger charge is -2.27. The van der Waals surface area contributed by atoms with E-state index in [9.17, 15) is 18.3 Å². The first-order valence-electron chi connectivity index (χ1n) is 7.65. The Morgan fingerprint density at radius 2 is 2.00 bits per heavy atom. The number of hydrogen-bond acceptors (Lipinski definition) is 7. The van der Waals surface area contributed by atoms with Crippen LogP contribution in [-0.4, -0.2) is 50.1 Å². The molecule has 1 saturated heterocycles. The first-order valence-corrected chi connectivity index (χ1v) is 9.26. The Bertz CT molecular complexity index is 861. The molecule has 1 aromatic rings. The number of ketones is 1. The summed E-state index contributed by atoms with van der Waals surface area (Å²) < 4.78 is 41.5. The number of para-hydroxylation sites is 1. The minimum absolute atomic E-state index is 0.0550. The summed E-state index contributed by atoms with van der Waals surface area (Å²) in [6, 6.07) is 4.92. The van der Waals surface area contributed by atoms with Crippen molar-refractivity contribution in [1.29, 1.82) is 0 Å². The molecule has 0 aliphatic carbocycles. The molecule has 136 valence electrons. The van der Waals surface area contributed by atoms with Gasteiger partial charge in [0.05, 0.1) is 20.0 Å². The van der Waals surface area contributed by atoms with Crippen LogP contribution in [0, 0.1) is 0 Å². The van der Waals surface area contributed by atoms with Gasteiger partial charge in [-0.05, 0) is 19.4 Å². The summed E-state index contributed by atoms with van der Waals surface area (Å²) in [5.41, 5.74) is -1.30. The summed E-state index contributed by atoms with van der Waals surface area (Å²) in [4.78, 5) is 12.7. The monoisotopic (exact) mass is 369 g/mol. The minimum atomic E-state index is -3.61. The van der Waals surface area contributed by atoms with E-state index in [1.807, 2.05) is 0 Å². The fourth-order valence-corrected chi connectivity index (χ4v) is 4.59. The molecule has 9 heteroatoms. The van der Waals surface area contributed by atoms with Crippen LogP contribution < -0.4 is 9.47 Å². The number of methoxy groups -OCH3 is 2. The third-order valence-corrected chi connectivity index (χ3v) is 6.22. The van der Waals surface area contributed by atoms with E-state index in [2.05, 4.69) is 0 Å². The summed E-state index contributed by atoms with van der Waals surface area (Å²) >= 11 is 0. The molecule has 0 amide bonds. The van der Waals surface area contributed by atoms with Crippen LogP contribution >= 0.6 is 0 Å². The quantitative estimate of drug-likeness (QED) is 0.853. The number of rotatable bonds is 4. The topological polar surface area (TPSA) is 102 Å². The van der Waals surface area contributed by atoms with E-state index in [1.165, 1.54) is 21.1 Å². The molecular formula is C16H19NO7S. The van der Waals surface area contributed by atoms with Crippen molar-refractivity contribution in [3.8, 4) is 11.5 Å². The molecule has 0 saturated carbocycles. The van der Waals surface area contributed by atoms with Crippen LogP contribution in [0.1, 0.15) is 18.9 Å². The maximum Gasteiger partial charge on any atom is 0.252 e. The van der Waals surface area contributed by atoms with Crippen LogP contribution in [0.15, 0.2) is 29.8 Å². The van der Waals surface area contributed by atoms with Crippen LogP contribution in [-0.2, 0) is 25.2 Å². The van der Waals surface area contributed by atoms with Crippen LogP contribution in [0.5, 0.6) is 11.5 Å². The Hall–Kier alpha value is -2.42. The molecule has 3 rings (SSSR count). The number of aliphatic hydroxyl groups excluding tert-OH is 1. The average Bonchev–Trinajstić information content (AvgIpc) is 3.05. The van der Waals surface area contributed by atoms with Gasteiger partial charge in [-0.15, -0.1) is 0 Å². The Labute approximate surface area is 145 Å². The van der Waals surface area contributed by atoms with Gasteiger partial charge in [-0.1, -0.05) is 12.1 Å². The first kappa shape index (κ1) is 17.4. The number of hydrogen-bond donors (Lipinski definition) is 1. The molecular weight excluding hydrogens is 350 g/mol. The van der Waals surface area contributed by atoms with Crippen molar-refractivity contribution in [2.45, 2.75) is 18.9 Å². The van der Waals surface area contributed by atoms with Crippen molar-refractivity contribution < 1.29 is 32.5 Å². The summed E-state index contributed by atoms with van der Waals surface area (Å²) in [6.07, 6.45) is 0.399. The van der Waals surface area contributed by atoms with Crippen molar-refractivity contribution in [3.63, 3.8) is 0 Å². The lowest BCUT2D eigenvalue weighted by molar-refractivity contribution is -0.132. The van der Waals surface area contributed by atoms with Crippen molar-refractivity contribution in [2.24, 2.45) is 0 Å². The van der Waals surface area contributed by atoms with E-state index in [4.69, 9.17) is 14.2 Å². The summed E-state index contributed by atoms with van der Waals surface area (Å²) in [5, 5.41) is 10.3. The van der Waals surface area contributed by atoms with Gasteiger partial charge in [0.1, 0.15) is 0 Å². The molecule has 1 fully saturated rings. The Morgan fingerprint density at radius 1 is 1.28 bits per heavy atom. The summed E-state index contributed by atoms with van der Waals surface area (Å²) in [6.45, 7) is 1.61. The molecule has 1 aromatic carbocycles. The van der Waals surface area contributed by atoms with E-state index < -0.39 is 27.2 Å². The molecule has 2 aliphatic rings. The third-order valence-electron chi connectivity index (χ3n) is 4.39. The molecule has 2 aliphatic heterocycles. The van der Waals surface area contributed by atoms with Crippen molar-refractivity contribution in [2.75, 3.05) is 26.5 Å². The Balaban J connectivity index is 2.08. The molecule has 0 bridgehead atoms. The second-order valence-corrected chi connectivity index (χ2v) is 7.91. The number of aliphatic hydroxyl groups is 1. The molecule has 1 atom stereocenters. The van der Waals surface area contributed by atoms with Crippen molar-refractivity contribution in [3.05, 3.63) is 35.4 Å². The molecule has 1 unspecified atom stereocenters. The van der Waals surface area contributed by atoms with E-state index in [1.54, 1.807) is 18.2 Å². The number of nitrogens with zero attached hydrogens (tertiary/aromatic N) is 1. The zero-order chi connectivity index (χ0) is 18.4. The molecule has 0 aromatic heterocycles. The second kappa shape index (κ2) is 5.83. The highest BCUT2D eigenvalue weighted by molar-refractivity contribution is 7.89. The van der Waals surface area contributed by atoms with Crippen molar-refractivity contribution in [1.82, 2.24) is 4.31 Å². The highest BCUT2D eigenvalue weighted by atomic mass is 32.2. The summed E-state index contributed by atoms with van der Waals surface area (Å²) in [7, 11) is -0.728. The zero-order valence-corrected chi connectivity index (χ0v) is 14.9. The smallest absolute Gasteiger partial charge is 0.252 e. The average molecular weight is 369 g/mol. The van der Waals surface area contributed by atoms with Gasteiger partial charge in [0, 0.05) is 12.1 Å². The zero-order valence-electron chi connectivity index (χ0n) is 14.1. The number of carbonyl (C=O) groups is 1. The number of sulfonamides is 1. The largest absolute Gasteiger partial charge is 0.501 e. The Kier molecular flexibility index (Phi) is 4.06. The van der Waals surface area contributed by atoms with Crippen LogP contribution in [0.2, 0.25) is 0 Å². The first-order chi connectivity index (χ1) is 11.8. The van der Waals surface area contributed by atoms with Gasteiger partial charge < -0.3 is 19.3 Å². The molecule has 1 N–H and O–H groups in total. The molecule has 0 spiro atoms. The van der Waals surface area contributed by atoms with Crippen LogP contribution in [0.4, 0.5) is 0 Å². The van der Waals surface area contributed by atoms with E-state index in [-0.39, 0.29) is 23.9 Å². The predicted molar refractivity (Wildman–Crippen MR) is 87.8 cm³/mol. The molecule has 2 heterocycles. The maximum atomic E-state index is 12.7. The fraction of sp³-hybridized carbons (Fsp3) is 0.438. The van der Waals surface area contributed by atoms with E-state index >= 15 is 0 Å². The number of Topliss-reactive ketones (excluding diaryl/α,β-unsaturated/α-hetero) is 1. The Morgan fingerprint density at radius 3 is 2.56 bits per heavy atom. The van der Waals surface area contributed by atoms with Gasteiger partial charge >= 0.3 is 0 Å². The van der Waals surface area contributed by atoms with E-state index in [0.717, 1.165) is 4.31 Å². The van der Waals surface area contributed by atoms with Crippen molar-refractivity contribution >= 4 is 15.8 Å². The standard InChI is InChI=1S/C16H19NO7S/c1-16(10-6-4-7-11(22-2)13(10)23-3)14(19)12(18)15(24-16)17-8-5-9-25(17,20)21/h4,6-7,18H,5,8-9H2,1-3H3. The van der Waals surface area contributed by atoms with Gasteiger partial charge in [0.25, 0.3) is 11.7 Å². The van der Waals surface area contributed by atoms with Gasteiger partial charge in [-0.2, -0.15) is 0 Å². The minimum Gasteiger partial charge on any atom is -0.501 e. The molecule has 25 heavy (non-hydrogen) atoms. The highest BCUT2D eigenvalue weighted by Crippen LogP contribution is 2.46. The van der Waals surface area contributed by atoms with Gasteiger partial charge in [-0.3, -0.25) is 4.79 Å². The maximum absolute atomic E-state index is 12.7. The normalized spacial score (nSPS) is 25.2. The highest BCUT2D eigenvalue weighted by Gasteiger charge is 2.53. The number of ether oxygens (including phenoxy) is 3. The third kappa shape index (κ3) is 2.50. The second-order valence-electron chi connectivity index (χ2n) is 5.90. The van der Waals surface area contributed by atoms with E-state index in [0.29, 0.717) is 17.7 Å². The molecule has 0 radical (unpaired) electrons. The van der Waals surface area contributed by atoms with Gasteiger partial charge in [0.15, 0.2) is 11.5 Å². The lowest BCUT2D eigenvalue weighted by atomic mass is 9.90. The lowest BCUT2D eigenvalue weighted by Crippen LogP contribution is -2.33. The number of carbonyl (C=O) groups excluding carboxylic acids is 1. The van der Waals surface area contributed by atoms with Crippen LogP contribution in [0.25, 0.3) is 0 Å². The summed E-state index contributed by atoms with van der Waals surface area (Å²) in [5.74, 6) is -1.18. The fourth-order valence-electron chi connectivity index (χ4n) is 3.09.